The van der Waals surface area contributed by atoms with Gasteiger partial charge >= 0.3 is 0 Å². The fourth-order valence-electron chi connectivity index (χ4n) is 4.91. The van der Waals surface area contributed by atoms with Gasteiger partial charge in [0.25, 0.3) is 5.91 Å². The zero-order chi connectivity index (χ0) is 24.4. The molecule has 0 aliphatic carbocycles. The second kappa shape index (κ2) is 10.0. The van der Waals surface area contributed by atoms with Gasteiger partial charge in [-0.05, 0) is 37.1 Å². The lowest BCUT2D eigenvalue weighted by atomic mass is 9.97. The van der Waals surface area contributed by atoms with Crippen molar-refractivity contribution >= 4 is 17.3 Å². The number of aryl methyl sites for hydroxylation is 2. The van der Waals surface area contributed by atoms with Gasteiger partial charge in [-0.1, -0.05) is 71.8 Å². The van der Waals surface area contributed by atoms with Crippen molar-refractivity contribution in [2.75, 3.05) is 37.6 Å². The van der Waals surface area contributed by atoms with Crippen LogP contribution in [-0.2, 0) is 4.79 Å². The van der Waals surface area contributed by atoms with Crippen LogP contribution in [0.25, 0.3) is 0 Å². The fraction of sp³-hybridized carbons (Fsp3) is 0.310. The van der Waals surface area contributed by atoms with Gasteiger partial charge in [0.1, 0.15) is 5.82 Å². The van der Waals surface area contributed by atoms with Gasteiger partial charge in [-0.3, -0.25) is 9.69 Å². The summed E-state index contributed by atoms with van der Waals surface area (Å²) in [5.41, 5.74) is 6.10. The number of carbonyl (C=O) groups is 1. The Morgan fingerprint density at radius 3 is 2.37 bits per heavy atom. The third kappa shape index (κ3) is 5.13. The number of rotatable bonds is 5. The number of carbonyl (C=O) groups excluding carboxylic acids is 1. The molecule has 5 nitrogen and oxygen atoms in total. The van der Waals surface area contributed by atoms with Crippen molar-refractivity contribution in [2.45, 2.75) is 26.3 Å². The third-order valence-corrected chi connectivity index (χ3v) is 6.90. The van der Waals surface area contributed by atoms with Gasteiger partial charge < -0.3 is 4.90 Å². The van der Waals surface area contributed by atoms with Crippen LogP contribution in [0.15, 0.2) is 77.9 Å². The molecule has 0 bridgehead atoms. The average molecular weight is 471 g/mol. The van der Waals surface area contributed by atoms with Crippen LogP contribution in [-0.4, -0.2) is 54.3 Å². The molecule has 0 saturated carbocycles. The van der Waals surface area contributed by atoms with E-state index in [9.17, 15) is 9.18 Å². The number of hydrogen-bond acceptors (Lipinski definition) is 4. The molecule has 2 aliphatic heterocycles. The van der Waals surface area contributed by atoms with Gasteiger partial charge in [0, 0.05) is 32.6 Å². The highest BCUT2D eigenvalue weighted by molar-refractivity contribution is 6.03. The molecule has 6 heteroatoms. The summed E-state index contributed by atoms with van der Waals surface area (Å²) in [6.07, 6.45) is 0.694. The summed E-state index contributed by atoms with van der Waals surface area (Å²) in [7, 11) is 0. The molecule has 0 N–H and O–H groups in total. The molecule has 2 heterocycles. The number of para-hydroxylation sites is 1. The quantitative estimate of drug-likeness (QED) is 0.530. The van der Waals surface area contributed by atoms with Gasteiger partial charge in [0.05, 0.1) is 24.0 Å². The molecule has 180 valence electrons. The van der Waals surface area contributed by atoms with Crippen molar-refractivity contribution in [3.8, 4) is 0 Å². The highest BCUT2D eigenvalue weighted by Crippen LogP contribution is 2.33. The summed E-state index contributed by atoms with van der Waals surface area (Å²) in [6, 6.07) is 23.4. The van der Waals surface area contributed by atoms with E-state index in [4.69, 9.17) is 5.10 Å². The number of amides is 1. The zero-order valence-corrected chi connectivity index (χ0v) is 20.3. The second-order valence-corrected chi connectivity index (χ2v) is 9.50. The number of hydrogen-bond donors (Lipinski definition) is 0. The summed E-state index contributed by atoms with van der Waals surface area (Å²) in [5, 5.41) is 6.52. The number of benzene rings is 3. The molecule has 3 aromatic carbocycles. The minimum Gasteiger partial charge on any atom is -0.367 e. The van der Waals surface area contributed by atoms with Crippen LogP contribution < -0.4 is 4.90 Å². The Balaban J connectivity index is 1.31. The van der Waals surface area contributed by atoms with Gasteiger partial charge in [-0.15, -0.1) is 0 Å². The van der Waals surface area contributed by atoms with Gasteiger partial charge in [0.2, 0.25) is 0 Å². The Morgan fingerprint density at radius 2 is 1.66 bits per heavy atom. The molecule has 1 unspecified atom stereocenters. The number of anilines is 1. The topological polar surface area (TPSA) is 39.2 Å². The van der Waals surface area contributed by atoms with E-state index in [1.54, 1.807) is 11.1 Å². The minimum atomic E-state index is -0.201. The van der Waals surface area contributed by atoms with Crippen molar-refractivity contribution in [3.63, 3.8) is 0 Å². The maximum atomic E-state index is 14.2. The summed E-state index contributed by atoms with van der Waals surface area (Å²) < 4.78 is 14.2. The third-order valence-electron chi connectivity index (χ3n) is 6.90. The van der Waals surface area contributed by atoms with E-state index >= 15 is 0 Å². The first-order valence-corrected chi connectivity index (χ1v) is 12.2. The van der Waals surface area contributed by atoms with Crippen LogP contribution in [0.1, 0.15) is 34.7 Å². The molecule has 35 heavy (non-hydrogen) atoms. The molecular weight excluding hydrogens is 439 g/mol. The van der Waals surface area contributed by atoms with Crippen LogP contribution in [0.2, 0.25) is 0 Å². The first-order valence-electron chi connectivity index (χ1n) is 12.2. The minimum absolute atomic E-state index is 0.00225. The summed E-state index contributed by atoms with van der Waals surface area (Å²) in [4.78, 5) is 17.7. The monoisotopic (exact) mass is 470 g/mol. The summed E-state index contributed by atoms with van der Waals surface area (Å²) in [6.45, 7) is 7.23. The predicted octanol–water partition coefficient (Wildman–Crippen LogP) is 4.94. The smallest absolute Gasteiger partial charge is 0.257 e. The lowest BCUT2D eigenvalue weighted by Crippen LogP contribution is -2.49. The van der Waals surface area contributed by atoms with Crippen molar-refractivity contribution in [1.29, 1.82) is 0 Å². The molecule has 3 aromatic rings. The van der Waals surface area contributed by atoms with Crippen molar-refractivity contribution in [1.82, 2.24) is 9.91 Å². The Kier molecular flexibility index (Phi) is 6.64. The van der Waals surface area contributed by atoms with E-state index in [0.29, 0.717) is 44.8 Å². The molecule has 5 rings (SSSR count). The average Bonchev–Trinajstić information content (AvgIpc) is 3.31. The Hall–Kier alpha value is -3.51. The van der Waals surface area contributed by atoms with Crippen molar-refractivity contribution in [2.24, 2.45) is 5.10 Å². The molecule has 0 aromatic heterocycles. The number of hydrazone groups is 1. The number of nitrogens with zero attached hydrogens (tertiary/aromatic N) is 4. The molecule has 1 amide bonds. The molecule has 0 spiro atoms. The normalized spacial score (nSPS) is 18.6. The molecule has 2 aliphatic rings. The number of halogens is 1. The van der Waals surface area contributed by atoms with E-state index in [1.165, 1.54) is 17.2 Å². The van der Waals surface area contributed by atoms with Crippen LogP contribution >= 0.6 is 0 Å². The molecular formula is C29H31FN4O. The molecule has 1 saturated heterocycles. The SMILES string of the molecule is Cc1ccc(C2CC(c3cccc(C)c3)=NN2C(=O)CN2CCN(c3ccccc3F)CC2)cc1. The molecule has 0 radical (unpaired) electrons. The Labute approximate surface area is 206 Å². The molecule has 1 fully saturated rings. The van der Waals surface area contributed by atoms with Crippen LogP contribution in [0, 0.1) is 19.7 Å². The van der Waals surface area contributed by atoms with Crippen molar-refractivity contribution in [3.05, 3.63) is 101 Å². The first-order chi connectivity index (χ1) is 17.0. The molecule has 1 atom stereocenters. The second-order valence-electron chi connectivity index (χ2n) is 9.50. The fourth-order valence-corrected chi connectivity index (χ4v) is 4.91. The van der Waals surface area contributed by atoms with Crippen LogP contribution in [0.5, 0.6) is 0 Å². The van der Waals surface area contributed by atoms with Crippen molar-refractivity contribution < 1.29 is 9.18 Å². The van der Waals surface area contributed by atoms with E-state index in [-0.39, 0.29) is 17.8 Å². The predicted molar refractivity (Wildman–Crippen MR) is 138 cm³/mol. The number of piperazine rings is 1. The Morgan fingerprint density at radius 1 is 0.914 bits per heavy atom. The lowest BCUT2D eigenvalue weighted by molar-refractivity contribution is -0.134. The highest BCUT2D eigenvalue weighted by Gasteiger charge is 2.34. The Bertz CT molecular complexity index is 1230. The highest BCUT2D eigenvalue weighted by atomic mass is 19.1. The standard InChI is InChI=1S/C29H31FN4O/c1-21-10-12-23(13-11-21)28-19-26(24-7-5-6-22(2)18-24)31-34(28)29(35)20-32-14-16-33(17-15-32)27-9-4-3-8-25(27)30/h3-13,18,28H,14-17,19-20H2,1-2H3. The first kappa shape index (κ1) is 23.2. The summed E-state index contributed by atoms with van der Waals surface area (Å²) >= 11 is 0. The van der Waals surface area contributed by atoms with E-state index in [1.807, 2.05) is 18.2 Å². The van der Waals surface area contributed by atoms with Crippen LogP contribution in [0.3, 0.4) is 0 Å². The van der Waals surface area contributed by atoms with Gasteiger partial charge in [0.15, 0.2) is 0 Å². The lowest BCUT2D eigenvalue weighted by Gasteiger charge is -2.36. The summed E-state index contributed by atoms with van der Waals surface area (Å²) in [5.74, 6) is -0.203. The van der Waals surface area contributed by atoms with E-state index in [0.717, 1.165) is 16.8 Å². The largest absolute Gasteiger partial charge is 0.367 e. The van der Waals surface area contributed by atoms with E-state index < -0.39 is 0 Å². The van der Waals surface area contributed by atoms with Gasteiger partial charge in [-0.2, -0.15) is 5.10 Å². The van der Waals surface area contributed by atoms with E-state index in [2.05, 4.69) is 66.1 Å². The zero-order valence-electron chi connectivity index (χ0n) is 20.3. The maximum absolute atomic E-state index is 14.2. The van der Waals surface area contributed by atoms with Crippen LogP contribution in [0.4, 0.5) is 10.1 Å². The van der Waals surface area contributed by atoms with Gasteiger partial charge in [-0.25, -0.2) is 9.40 Å². The maximum Gasteiger partial charge on any atom is 0.257 e.